The van der Waals surface area contributed by atoms with Crippen LogP contribution in [0.4, 0.5) is 10.5 Å². The highest BCUT2D eigenvalue weighted by Crippen LogP contribution is 2.39. The Morgan fingerprint density at radius 1 is 1.00 bits per heavy atom. The Morgan fingerprint density at radius 2 is 1.74 bits per heavy atom. The van der Waals surface area contributed by atoms with Crippen LogP contribution in [0.5, 0.6) is 23.0 Å². The molecule has 1 N–H and O–H groups in total. The van der Waals surface area contributed by atoms with Crippen LogP contribution in [0, 0.1) is 13.8 Å². The van der Waals surface area contributed by atoms with Gasteiger partial charge in [-0.1, -0.05) is 12.1 Å². The van der Waals surface area contributed by atoms with Crippen molar-refractivity contribution < 1.29 is 33.3 Å². The van der Waals surface area contributed by atoms with Gasteiger partial charge in [0.25, 0.3) is 11.8 Å². The third-order valence-electron chi connectivity index (χ3n) is 5.95. The Balaban J connectivity index is 1.42. The average molecular weight is 579 g/mol. The Kier molecular flexibility index (Phi) is 6.81. The fourth-order valence-corrected chi connectivity index (χ4v) is 4.86. The molecule has 5 rings (SSSR count). The third-order valence-corrected chi connectivity index (χ3v) is 6.54. The smallest absolute Gasteiger partial charge is 0.335 e. The zero-order valence-corrected chi connectivity index (χ0v) is 22.4. The Hall–Kier alpha value is -4.31. The highest BCUT2D eigenvalue weighted by molar-refractivity contribution is 9.10. The van der Waals surface area contributed by atoms with Crippen molar-refractivity contribution in [3.05, 3.63) is 80.8 Å². The molecule has 1 fully saturated rings. The first-order valence-electron chi connectivity index (χ1n) is 11.6. The zero-order valence-electron chi connectivity index (χ0n) is 20.8. The number of urea groups is 1. The molecule has 4 amide bonds. The Labute approximate surface area is 227 Å². The SMILES string of the molecule is COc1cc(/C=C2\C(=O)NC(=O)N(c3cc(C)cc(C)c3)C2=O)cc(Br)c1OCc1ccc2c(c1)OCO2. The fourth-order valence-electron chi connectivity index (χ4n) is 4.29. The van der Waals surface area contributed by atoms with Gasteiger partial charge in [-0.3, -0.25) is 14.9 Å². The first kappa shape index (κ1) is 25.3. The van der Waals surface area contributed by atoms with Crippen LogP contribution in [-0.4, -0.2) is 31.7 Å². The highest BCUT2D eigenvalue weighted by atomic mass is 79.9. The lowest BCUT2D eigenvalue weighted by atomic mass is 10.0. The van der Waals surface area contributed by atoms with E-state index >= 15 is 0 Å². The zero-order chi connectivity index (χ0) is 27.0. The lowest BCUT2D eigenvalue weighted by Gasteiger charge is -2.27. The Bertz CT molecular complexity index is 1500. The van der Waals surface area contributed by atoms with E-state index in [1.807, 2.05) is 38.1 Å². The predicted molar refractivity (Wildman–Crippen MR) is 143 cm³/mol. The number of imide groups is 2. The molecule has 0 saturated carbocycles. The molecule has 38 heavy (non-hydrogen) atoms. The van der Waals surface area contributed by atoms with E-state index in [2.05, 4.69) is 21.2 Å². The molecule has 10 heteroatoms. The average Bonchev–Trinajstić information content (AvgIpc) is 3.33. The van der Waals surface area contributed by atoms with Crippen molar-refractivity contribution in [3.8, 4) is 23.0 Å². The molecule has 0 aromatic heterocycles. The summed E-state index contributed by atoms with van der Waals surface area (Å²) in [7, 11) is 1.49. The molecule has 0 aliphatic carbocycles. The van der Waals surface area contributed by atoms with Gasteiger partial charge in [0.2, 0.25) is 6.79 Å². The van der Waals surface area contributed by atoms with Crippen molar-refractivity contribution in [1.29, 1.82) is 0 Å². The van der Waals surface area contributed by atoms with E-state index in [0.717, 1.165) is 21.6 Å². The summed E-state index contributed by atoms with van der Waals surface area (Å²) in [6.45, 7) is 4.16. The number of nitrogens with one attached hydrogen (secondary N) is 1. The van der Waals surface area contributed by atoms with E-state index in [1.165, 1.54) is 13.2 Å². The van der Waals surface area contributed by atoms with E-state index in [1.54, 1.807) is 24.3 Å². The van der Waals surface area contributed by atoms with Crippen molar-refractivity contribution >= 4 is 45.5 Å². The second-order valence-corrected chi connectivity index (χ2v) is 9.67. The maximum atomic E-state index is 13.3. The molecule has 0 unspecified atom stereocenters. The monoisotopic (exact) mass is 578 g/mol. The van der Waals surface area contributed by atoms with Crippen molar-refractivity contribution in [2.24, 2.45) is 0 Å². The van der Waals surface area contributed by atoms with Crippen LogP contribution in [0.3, 0.4) is 0 Å². The van der Waals surface area contributed by atoms with Gasteiger partial charge >= 0.3 is 6.03 Å². The van der Waals surface area contributed by atoms with Gasteiger partial charge in [-0.05, 0) is 94.5 Å². The summed E-state index contributed by atoms with van der Waals surface area (Å²) in [5, 5.41) is 2.25. The summed E-state index contributed by atoms with van der Waals surface area (Å²) in [5.74, 6) is 0.671. The second-order valence-electron chi connectivity index (χ2n) is 8.81. The van der Waals surface area contributed by atoms with Gasteiger partial charge in [-0.15, -0.1) is 0 Å². The van der Waals surface area contributed by atoms with Gasteiger partial charge in [0.1, 0.15) is 12.2 Å². The molecule has 2 aliphatic rings. The molecule has 3 aromatic rings. The topological polar surface area (TPSA) is 103 Å². The number of anilines is 1. The van der Waals surface area contributed by atoms with E-state index in [0.29, 0.717) is 38.7 Å². The Morgan fingerprint density at radius 3 is 2.47 bits per heavy atom. The number of methoxy groups -OCH3 is 1. The lowest BCUT2D eigenvalue weighted by Crippen LogP contribution is -2.54. The van der Waals surface area contributed by atoms with Gasteiger partial charge in [-0.2, -0.15) is 0 Å². The van der Waals surface area contributed by atoms with Gasteiger partial charge in [-0.25, -0.2) is 9.69 Å². The molecule has 0 spiro atoms. The summed E-state index contributed by atoms with van der Waals surface area (Å²) in [6.07, 6.45) is 1.41. The number of ether oxygens (including phenoxy) is 4. The maximum absolute atomic E-state index is 13.3. The van der Waals surface area contributed by atoms with Crippen LogP contribution in [0.2, 0.25) is 0 Å². The molecule has 2 heterocycles. The molecule has 0 bridgehead atoms. The summed E-state index contributed by atoms with van der Waals surface area (Å²) >= 11 is 3.50. The van der Waals surface area contributed by atoms with Gasteiger partial charge < -0.3 is 18.9 Å². The number of hydrogen-bond acceptors (Lipinski definition) is 7. The third kappa shape index (κ3) is 4.95. The molecule has 2 aliphatic heterocycles. The number of nitrogens with zero attached hydrogens (tertiary/aromatic N) is 1. The van der Waals surface area contributed by atoms with Gasteiger partial charge in [0, 0.05) is 0 Å². The standard InChI is InChI=1S/C28H23BrN2O7/c1-15-6-16(2)8-19(7-15)31-27(33)20(26(32)30-28(31)34)9-18-10-21(29)25(24(12-18)35-3)36-13-17-4-5-22-23(11-17)38-14-37-22/h4-12H,13-14H2,1-3H3,(H,30,32,34)/b20-9+. The van der Waals surface area contributed by atoms with Crippen molar-refractivity contribution in [2.45, 2.75) is 20.5 Å². The maximum Gasteiger partial charge on any atom is 0.335 e. The number of barbiturate groups is 1. The van der Waals surface area contributed by atoms with Crippen LogP contribution in [0.15, 0.2) is 58.6 Å². The van der Waals surface area contributed by atoms with E-state index < -0.39 is 17.8 Å². The molecule has 9 nitrogen and oxygen atoms in total. The lowest BCUT2D eigenvalue weighted by molar-refractivity contribution is -0.122. The summed E-state index contributed by atoms with van der Waals surface area (Å²) in [5.41, 5.74) is 3.33. The first-order chi connectivity index (χ1) is 18.2. The molecule has 1 saturated heterocycles. The number of amides is 4. The summed E-state index contributed by atoms with van der Waals surface area (Å²) in [6, 6.07) is 13.4. The molecular formula is C28H23BrN2O7. The quantitative estimate of drug-likeness (QED) is 0.322. The summed E-state index contributed by atoms with van der Waals surface area (Å²) < 4.78 is 22.8. The first-order valence-corrected chi connectivity index (χ1v) is 12.4. The number of benzene rings is 3. The van der Waals surface area contributed by atoms with Gasteiger partial charge in [0.05, 0.1) is 17.3 Å². The van der Waals surface area contributed by atoms with Crippen LogP contribution < -0.4 is 29.2 Å². The number of carbonyl (C=O) groups is 3. The molecule has 0 atom stereocenters. The largest absolute Gasteiger partial charge is 0.493 e. The summed E-state index contributed by atoms with van der Waals surface area (Å²) in [4.78, 5) is 39.5. The second kappa shape index (κ2) is 10.2. The minimum absolute atomic E-state index is 0.188. The highest BCUT2D eigenvalue weighted by Gasteiger charge is 2.37. The van der Waals surface area contributed by atoms with Crippen LogP contribution in [-0.2, 0) is 16.2 Å². The number of rotatable bonds is 6. The minimum Gasteiger partial charge on any atom is -0.493 e. The van der Waals surface area contributed by atoms with Crippen LogP contribution in [0.25, 0.3) is 6.08 Å². The van der Waals surface area contributed by atoms with E-state index in [9.17, 15) is 14.4 Å². The molecule has 3 aromatic carbocycles. The molecular weight excluding hydrogens is 556 g/mol. The molecule has 0 radical (unpaired) electrons. The van der Waals surface area contributed by atoms with Crippen molar-refractivity contribution in [3.63, 3.8) is 0 Å². The van der Waals surface area contributed by atoms with Gasteiger partial charge in [0.15, 0.2) is 23.0 Å². The number of carbonyl (C=O) groups excluding carboxylic acids is 3. The van der Waals surface area contributed by atoms with E-state index in [4.69, 9.17) is 18.9 Å². The van der Waals surface area contributed by atoms with Crippen LogP contribution in [0.1, 0.15) is 22.3 Å². The normalized spacial score (nSPS) is 15.6. The number of hydrogen-bond donors (Lipinski definition) is 1. The van der Waals surface area contributed by atoms with Crippen molar-refractivity contribution in [1.82, 2.24) is 5.32 Å². The minimum atomic E-state index is -0.798. The van der Waals surface area contributed by atoms with Crippen LogP contribution >= 0.6 is 15.9 Å². The number of fused-ring (bicyclic) bond motifs is 1. The number of halogens is 1. The van der Waals surface area contributed by atoms with E-state index in [-0.39, 0.29) is 19.0 Å². The fraction of sp³-hybridized carbons (Fsp3) is 0.179. The molecule has 194 valence electrons. The predicted octanol–water partition coefficient (Wildman–Crippen LogP) is 5.05. The number of aryl methyl sites for hydroxylation is 2. The van der Waals surface area contributed by atoms with Crippen molar-refractivity contribution in [2.75, 3.05) is 18.8 Å².